The Morgan fingerprint density at radius 2 is 1.79 bits per heavy atom. The third-order valence-corrected chi connectivity index (χ3v) is 5.60. The standard InChI is InChI=1S/C10H21ClO2S/c1-5-9(8-11)6-7-14(12,13)10(2,3)4/h9H,5-8H2,1-4H3. The molecule has 0 aliphatic heterocycles. The number of sulfone groups is 1. The van der Waals surface area contributed by atoms with E-state index in [9.17, 15) is 8.42 Å². The van der Waals surface area contributed by atoms with E-state index in [2.05, 4.69) is 0 Å². The van der Waals surface area contributed by atoms with Gasteiger partial charge >= 0.3 is 0 Å². The van der Waals surface area contributed by atoms with Gasteiger partial charge in [0.25, 0.3) is 0 Å². The van der Waals surface area contributed by atoms with E-state index in [1.807, 2.05) is 6.92 Å². The minimum Gasteiger partial charge on any atom is -0.228 e. The van der Waals surface area contributed by atoms with Crippen LogP contribution in [0.3, 0.4) is 0 Å². The van der Waals surface area contributed by atoms with Gasteiger partial charge in [-0.05, 0) is 33.1 Å². The van der Waals surface area contributed by atoms with Gasteiger partial charge in [0.2, 0.25) is 0 Å². The van der Waals surface area contributed by atoms with Gasteiger partial charge in [-0.2, -0.15) is 0 Å². The number of hydrogen-bond acceptors (Lipinski definition) is 2. The fourth-order valence-corrected chi connectivity index (χ4v) is 2.65. The van der Waals surface area contributed by atoms with Gasteiger partial charge in [-0.1, -0.05) is 13.3 Å². The minimum atomic E-state index is -2.97. The summed E-state index contributed by atoms with van der Waals surface area (Å²) in [5.74, 6) is 1.13. The van der Waals surface area contributed by atoms with Crippen LogP contribution in [0.5, 0.6) is 0 Å². The van der Waals surface area contributed by atoms with E-state index in [4.69, 9.17) is 11.6 Å². The van der Waals surface area contributed by atoms with Crippen LogP contribution in [0.2, 0.25) is 0 Å². The van der Waals surface area contributed by atoms with Crippen LogP contribution in [0, 0.1) is 5.92 Å². The second-order valence-corrected chi connectivity index (χ2v) is 7.82. The molecule has 14 heavy (non-hydrogen) atoms. The lowest BCUT2D eigenvalue weighted by Crippen LogP contribution is -2.31. The van der Waals surface area contributed by atoms with Gasteiger partial charge in [-0.25, -0.2) is 8.42 Å². The zero-order valence-electron chi connectivity index (χ0n) is 9.51. The van der Waals surface area contributed by atoms with Crippen molar-refractivity contribution >= 4 is 21.4 Å². The summed E-state index contributed by atoms with van der Waals surface area (Å²) in [6.45, 7) is 7.26. The Labute approximate surface area is 93.0 Å². The third kappa shape index (κ3) is 4.18. The smallest absolute Gasteiger partial charge is 0.155 e. The first-order chi connectivity index (χ1) is 6.24. The van der Waals surface area contributed by atoms with Crippen molar-refractivity contribution in [2.45, 2.75) is 45.3 Å². The minimum absolute atomic E-state index is 0.252. The first kappa shape index (κ1) is 14.2. The first-order valence-corrected chi connectivity index (χ1v) is 7.21. The highest BCUT2D eigenvalue weighted by Gasteiger charge is 2.28. The molecule has 0 aromatic rings. The van der Waals surface area contributed by atoms with E-state index in [1.54, 1.807) is 20.8 Å². The fourth-order valence-electron chi connectivity index (χ4n) is 1.02. The summed E-state index contributed by atoms with van der Waals surface area (Å²) < 4.78 is 22.8. The molecule has 0 rings (SSSR count). The molecule has 86 valence electrons. The molecule has 2 nitrogen and oxygen atoms in total. The average molecular weight is 241 g/mol. The summed E-state index contributed by atoms with van der Waals surface area (Å²) in [5, 5.41) is 0. The van der Waals surface area contributed by atoms with E-state index < -0.39 is 14.6 Å². The molecule has 0 aromatic heterocycles. The highest BCUT2D eigenvalue weighted by Crippen LogP contribution is 2.20. The van der Waals surface area contributed by atoms with Crippen LogP contribution in [0.1, 0.15) is 40.5 Å². The van der Waals surface area contributed by atoms with E-state index >= 15 is 0 Å². The second kappa shape index (κ2) is 5.36. The van der Waals surface area contributed by atoms with Crippen LogP contribution < -0.4 is 0 Å². The average Bonchev–Trinajstić information content (AvgIpc) is 2.04. The summed E-state index contributed by atoms with van der Waals surface area (Å²) in [5.41, 5.74) is 0. The normalized spacial score (nSPS) is 15.5. The SMILES string of the molecule is CCC(CCl)CCS(=O)(=O)C(C)(C)C. The topological polar surface area (TPSA) is 34.1 Å². The summed E-state index contributed by atoms with van der Waals surface area (Å²) in [7, 11) is -2.97. The van der Waals surface area contributed by atoms with Crippen molar-refractivity contribution < 1.29 is 8.42 Å². The Balaban J connectivity index is 4.27. The summed E-state index contributed by atoms with van der Waals surface area (Å²) in [6, 6.07) is 0. The van der Waals surface area contributed by atoms with Gasteiger partial charge in [0, 0.05) is 5.88 Å². The molecule has 1 atom stereocenters. The van der Waals surface area contributed by atoms with Crippen LogP contribution in [0.15, 0.2) is 0 Å². The van der Waals surface area contributed by atoms with E-state index in [0.717, 1.165) is 6.42 Å². The van der Waals surface area contributed by atoms with Crippen molar-refractivity contribution in [2.24, 2.45) is 5.92 Å². The second-order valence-electron chi connectivity index (χ2n) is 4.65. The number of rotatable bonds is 5. The van der Waals surface area contributed by atoms with Gasteiger partial charge in [0.05, 0.1) is 10.5 Å². The summed E-state index contributed by atoms with van der Waals surface area (Å²) in [6.07, 6.45) is 1.63. The molecule has 0 heterocycles. The van der Waals surface area contributed by atoms with Crippen LogP contribution in [-0.4, -0.2) is 24.8 Å². The number of alkyl halides is 1. The van der Waals surface area contributed by atoms with Crippen molar-refractivity contribution in [2.75, 3.05) is 11.6 Å². The van der Waals surface area contributed by atoms with Crippen LogP contribution >= 0.6 is 11.6 Å². The molecule has 0 aliphatic rings. The predicted molar refractivity (Wildman–Crippen MR) is 62.7 cm³/mol. The van der Waals surface area contributed by atoms with E-state index in [1.165, 1.54) is 0 Å². The maximum atomic E-state index is 11.7. The summed E-state index contributed by atoms with van der Waals surface area (Å²) in [4.78, 5) is 0. The molecule has 0 aliphatic carbocycles. The molecule has 0 bridgehead atoms. The van der Waals surface area contributed by atoms with E-state index in [0.29, 0.717) is 18.2 Å². The molecule has 0 aromatic carbocycles. The van der Waals surface area contributed by atoms with Crippen molar-refractivity contribution in [1.29, 1.82) is 0 Å². The van der Waals surface area contributed by atoms with Gasteiger partial charge in [-0.15, -0.1) is 11.6 Å². The molecule has 0 fully saturated rings. The molecule has 1 unspecified atom stereocenters. The maximum Gasteiger partial charge on any atom is 0.155 e. The van der Waals surface area contributed by atoms with Gasteiger partial charge in [-0.3, -0.25) is 0 Å². The molecule has 0 spiro atoms. The number of hydrogen-bond donors (Lipinski definition) is 0. The molecule has 0 N–H and O–H groups in total. The molecular formula is C10H21ClO2S. The molecule has 0 amide bonds. The van der Waals surface area contributed by atoms with Crippen molar-refractivity contribution in [3.8, 4) is 0 Å². The molecule has 0 saturated heterocycles. The highest BCUT2D eigenvalue weighted by molar-refractivity contribution is 7.92. The van der Waals surface area contributed by atoms with Gasteiger partial charge in [0.15, 0.2) is 9.84 Å². The van der Waals surface area contributed by atoms with Crippen LogP contribution in [-0.2, 0) is 9.84 Å². The molecule has 0 radical (unpaired) electrons. The lowest BCUT2D eigenvalue weighted by Gasteiger charge is -2.20. The fraction of sp³-hybridized carbons (Fsp3) is 1.00. The Hall–Kier alpha value is 0.240. The van der Waals surface area contributed by atoms with Crippen LogP contribution in [0.25, 0.3) is 0 Å². The monoisotopic (exact) mass is 240 g/mol. The Morgan fingerprint density at radius 3 is 2.07 bits per heavy atom. The predicted octanol–water partition coefficient (Wildman–Crippen LogP) is 2.85. The Bertz CT molecular complexity index is 248. The van der Waals surface area contributed by atoms with E-state index in [-0.39, 0.29) is 5.75 Å². The summed E-state index contributed by atoms with van der Waals surface area (Å²) >= 11 is 5.72. The van der Waals surface area contributed by atoms with Gasteiger partial charge < -0.3 is 0 Å². The third-order valence-electron chi connectivity index (χ3n) is 2.52. The van der Waals surface area contributed by atoms with Crippen LogP contribution in [0.4, 0.5) is 0 Å². The molecular weight excluding hydrogens is 220 g/mol. The van der Waals surface area contributed by atoms with Crippen molar-refractivity contribution in [3.05, 3.63) is 0 Å². The largest absolute Gasteiger partial charge is 0.228 e. The molecule has 0 saturated carbocycles. The maximum absolute atomic E-state index is 11.7. The Kier molecular flexibility index (Phi) is 5.45. The number of halogens is 1. The Morgan fingerprint density at radius 1 is 1.29 bits per heavy atom. The first-order valence-electron chi connectivity index (χ1n) is 5.03. The lowest BCUT2D eigenvalue weighted by atomic mass is 10.1. The highest BCUT2D eigenvalue weighted by atomic mass is 35.5. The zero-order valence-corrected chi connectivity index (χ0v) is 11.1. The molecule has 4 heteroatoms. The van der Waals surface area contributed by atoms with Crippen molar-refractivity contribution in [3.63, 3.8) is 0 Å². The zero-order chi connectivity index (χ0) is 11.4. The lowest BCUT2D eigenvalue weighted by molar-refractivity contribution is 0.522. The quantitative estimate of drug-likeness (QED) is 0.693. The van der Waals surface area contributed by atoms with Gasteiger partial charge in [0.1, 0.15) is 0 Å². The van der Waals surface area contributed by atoms with Crippen molar-refractivity contribution in [1.82, 2.24) is 0 Å².